The van der Waals surface area contributed by atoms with E-state index < -0.39 is 11.2 Å². The standard InChI is InChI=1S/C20H19NO5S/c1-12(19(22)23)27-20-21-17(18(26-20)13-7-5-4-6-8-13)14-9-10-15(24-2)16(11-14)25-3/h4-12H,1-3H3,(H,22,23). The van der Waals surface area contributed by atoms with Gasteiger partial charge in [0.25, 0.3) is 5.22 Å². The second-order valence-corrected chi connectivity index (χ2v) is 6.98. The van der Waals surface area contributed by atoms with Gasteiger partial charge in [-0.15, -0.1) is 0 Å². The highest BCUT2D eigenvalue weighted by Crippen LogP contribution is 2.39. The fourth-order valence-electron chi connectivity index (χ4n) is 2.52. The van der Waals surface area contributed by atoms with Gasteiger partial charge in [0, 0.05) is 11.1 Å². The van der Waals surface area contributed by atoms with E-state index in [1.165, 1.54) is 0 Å². The van der Waals surface area contributed by atoms with Crippen molar-refractivity contribution < 1.29 is 23.8 Å². The van der Waals surface area contributed by atoms with E-state index in [1.54, 1.807) is 27.2 Å². The maximum Gasteiger partial charge on any atom is 0.316 e. The van der Waals surface area contributed by atoms with Crippen molar-refractivity contribution in [3.05, 3.63) is 48.5 Å². The third-order valence-corrected chi connectivity index (χ3v) is 4.86. The van der Waals surface area contributed by atoms with Crippen molar-refractivity contribution in [1.29, 1.82) is 0 Å². The molecule has 3 rings (SSSR count). The number of hydrogen-bond acceptors (Lipinski definition) is 6. The summed E-state index contributed by atoms with van der Waals surface area (Å²) in [6, 6.07) is 15.0. The summed E-state index contributed by atoms with van der Waals surface area (Å²) in [5.74, 6) is 0.834. The van der Waals surface area contributed by atoms with E-state index in [4.69, 9.17) is 19.0 Å². The Bertz CT molecular complexity index is 939. The molecular weight excluding hydrogens is 366 g/mol. The number of ether oxygens (including phenoxy) is 2. The predicted octanol–water partition coefficient (Wildman–Crippen LogP) is 4.59. The fraction of sp³-hybridized carbons (Fsp3) is 0.200. The second-order valence-electron chi connectivity index (χ2n) is 5.69. The summed E-state index contributed by atoms with van der Waals surface area (Å²) in [6.07, 6.45) is 0. The average Bonchev–Trinajstić information content (AvgIpc) is 3.11. The number of benzene rings is 2. The second kappa shape index (κ2) is 8.18. The van der Waals surface area contributed by atoms with Gasteiger partial charge in [0.05, 0.1) is 14.2 Å². The van der Waals surface area contributed by atoms with Crippen LogP contribution in [0.5, 0.6) is 11.5 Å². The maximum atomic E-state index is 11.2. The number of hydrogen-bond donors (Lipinski definition) is 1. The molecule has 0 saturated carbocycles. The highest BCUT2D eigenvalue weighted by Gasteiger charge is 2.22. The van der Waals surface area contributed by atoms with Gasteiger partial charge in [0.2, 0.25) is 0 Å². The molecule has 6 nitrogen and oxygen atoms in total. The molecule has 1 unspecified atom stereocenters. The summed E-state index contributed by atoms with van der Waals surface area (Å²) >= 11 is 1.06. The van der Waals surface area contributed by atoms with Crippen LogP contribution >= 0.6 is 11.8 Å². The Morgan fingerprint density at radius 1 is 1.07 bits per heavy atom. The monoisotopic (exact) mass is 385 g/mol. The predicted molar refractivity (Wildman–Crippen MR) is 103 cm³/mol. The summed E-state index contributed by atoms with van der Waals surface area (Å²) in [5, 5.41) is 8.78. The summed E-state index contributed by atoms with van der Waals surface area (Å²) in [7, 11) is 3.14. The Kier molecular flexibility index (Phi) is 5.71. The zero-order chi connectivity index (χ0) is 19.4. The Labute approximate surface area is 161 Å². The molecule has 1 N–H and O–H groups in total. The van der Waals surface area contributed by atoms with Crippen LogP contribution in [0.2, 0.25) is 0 Å². The molecule has 0 spiro atoms. The molecule has 27 heavy (non-hydrogen) atoms. The number of oxazole rings is 1. The number of carboxylic acids is 1. The minimum absolute atomic E-state index is 0.300. The first kappa shape index (κ1) is 18.8. The van der Waals surface area contributed by atoms with E-state index >= 15 is 0 Å². The molecule has 3 aromatic rings. The quantitative estimate of drug-likeness (QED) is 0.596. The van der Waals surface area contributed by atoms with Crippen molar-refractivity contribution >= 4 is 17.7 Å². The Morgan fingerprint density at radius 3 is 2.41 bits per heavy atom. The fourth-order valence-corrected chi connectivity index (χ4v) is 3.20. The van der Waals surface area contributed by atoms with E-state index in [1.807, 2.05) is 42.5 Å². The average molecular weight is 385 g/mol. The Hall–Kier alpha value is -2.93. The number of nitrogens with zero attached hydrogens (tertiary/aromatic N) is 1. The van der Waals surface area contributed by atoms with Crippen LogP contribution in [-0.2, 0) is 4.79 Å². The number of methoxy groups -OCH3 is 2. The third-order valence-electron chi connectivity index (χ3n) is 3.93. The molecule has 1 aromatic heterocycles. The van der Waals surface area contributed by atoms with Crippen LogP contribution in [0.3, 0.4) is 0 Å². The molecule has 0 saturated heterocycles. The van der Waals surface area contributed by atoms with Gasteiger partial charge >= 0.3 is 5.97 Å². The first-order valence-corrected chi connectivity index (χ1v) is 9.09. The smallest absolute Gasteiger partial charge is 0.316 e. The van der Waals surface area contributed by atoms with Gasteiger partial charge < -0.3 is 19.0 Å². The van der Waals surface area contributed by atoms with Gasteiger partial charge in [-0.1, -0.05) is 42.1 Å². The lowest BCUT2D eigenvalue weighted by atomic mass is 10.1. The summed E-state index contributed by atoms with van der Waals surface area (Å²) < 4.78 is 16.6. The molecule has 0 radical (unpaired) electrons. The van der Waals surface area contributed by atoms with Crippen molar-refractivity contribution in [1.82, 2.24) is 4.98 Å². The lowest BCUT2D eigenvalue weighted by molar-refractivity contribution is -0.136. The van der Waals surface area contributed by atoms with Crippen LogP contribution in [0, 0.1) is 0 Å². The van der Waals surface area contributed by atoms with E-state index in [0.29, 0.717) is 28.2 Å². The van der Waals surface area contributed by atoms with E-state index in [-0.39, 0.29) is 0 Å². The van der Waals surface area contributed by atoms with Crippen molar-refractivity contribution in [2.75, 3.05) is 14.2 Å². The van der Waals surface area contributed by atoms with Gasteiger partial charge in [-0.05, 0) is 25.1 Å². The zero-order valence-corrected chi connectivity index (χ0v) is 15.9. The SMILES string of the molecule is COc1ccc(-c2nc(SC(C)C(=O)O)oc2-c2ccccc2)cc1OC. The highest BCUT2D eigenvalue weighted by molar-refractivity contribution is 8.00. The number of rotatable bonds is 7. The number of aromatic nitrogens is 1. The summed E-state index contributed by atoms with van der Waals surface area (Å²) in [6.45, 7) is 1.59. The molecule has 0 aliphatic heterocycles. The minimum Gasteiger partial charge on any atom is -0.493 e. The van der Waals surface area contributed by atoms with Gasteiger partial charge in [0.15, 0.2) is 17.3 Å². The molecule has 0 aliphatic carbocycles. The number of aliphatic carboxylic acids is 1. The number of thioether (sulfide) groups is 1. The molecule has 1 heterocycles. The van der Waals surface area contributed by atoms with E-state index in [9.17, 15) is 4.79 Å². The van der Waals surface area contributed by atoms with Crippen LogP contribution < -0.4 is 9.47 Å². The van der Waals surface area contributed by atoms with Crippen LogP contribution in [0.25, 0.3) is 22.6 Å². The molecule has 7 heteroatoms. The van der Waals surface area contributed by atoms with E-state index in [0.717, 1.165) is 22.9 Å². The topological polar surface area (TPSA) is 81.8 Å². The maximum absolute atomic E-state index is 11.2. The van der Waals surface area contributed by atoms with Crippen molar-refractivity contribution in [3.63, 3.8) is 0 Å². The first-order chi connectivity index (χ1) is 13.0. The van der Waals surface area contributed by atoms with Crippen LogP contribution in [0.1, 0.15) is 6.92 Å². The largest absolute Gasteiger partial charge is 0.493 e. The van der Waals surface area contributed by atoms with Gasteiger partial charge in [-0.2, -0.15) is 0 Å². The van der Waals surface area contributed by atoms with Gasteiger partial charge in [0.1, 0.15) is 10.9 Å². The lowest BCUT2D eigenvalue weighted by Crippen LogP contribution is -2.10. The van der Waals surface area contributed by atoms with Crippen molar-refractivity contribution in [3.8, 4) is 34.1 Å². The molecule has 0 aliphatic rings. The lowest BCUT2D eigenvalue weighted by Gasteiger charge is -2.09. The van der Waals surface area contributed by atoms with Crippen LogP contribution in [0.15, 0.2) is 58.2 Å². The number of carboxylic acid groups (broad SMARTS) is 1. The molecule has 0 amide bonds. The Morgan fingerprint density at radius 2 is 1.78 bits per heavy atom. The van der Waals surface area contributed by atoms with Crippen molar-refractivity contribution in [2.24, 2.45) is 0 Å². The summed E-state index contributed by atoms with van der Waals surface area (Å²) in [5.41, 5.74) is 2.25. The molecule has 0 bridgehead atoms. The van der Waals surface area contributed by atoms with Crippen LogP contribution in [0.4, 0.5) is 0 Å². The third kappa shape index (κ3) is 4.09. The number of carbonyl (C=O) groups is 1. The normalized spacial score (nSPS) is 11.8. The van der Waals surface area contributed by atoms with Crippen LogP contribution in [-0.4, -0.2) is 35.5 Å². The minimum atomic E-state index is -0.924. The van der Waals surface area contributed by atoms with Crippen molar-refractivity contribution in [2.45, 2.75) is 17.4 Å². The van der Waals surface area contributed by atoms with Gasteiger partial charge in [-0.25, -0.2) is 4.98 Å². The first-order valence-electron chi connectivity index (χ1n) is 8.21. The summed E-state index contributed by atoms with van der Waals surface area (Å²) in [4.78, 5) is 15.7. The zero-order valence-electron chi connectivity index (χ0n) is 15.1. The molecular formula is C20H19NO5S. The molecule has 2 aromatic carbocycles. The molecule has 140 valence electrons. The van der Waals surface area contributed by atoms with E-state index in [2.05, 4.69) is 4.98 Å². The van der Waals surface area contributed by atoms with Gasteiger partial charge in [-0.3, -0.25) is 4.79 Å². The highest BCUT2D eigenvalue weighted by atomic mass is 32.2. The Balaban J connectivity index is 2.10. The molecule has 1 atom stereocenters. The molecule has 0 fully saturated rings.